The first kappa shape index (κ1) is 35.8. The number of hydrogen-bond acceptors (Lipinski definition) is 8. The largest absolute Gasteiger partial charge is 0.480 e. The van der Waals surface area contributed by atoms with Gasteiger partial charge in [-0.3, -0.25) is 29.2 Å². The predicted octanol–water partition coefficient (Wildman–Crippen LogP) is -3.44. The number of fused-ring (bicyclic) bond motifs is 1. The van der Waals surface area contributed by atoms with Crippen molar-refractivity contribution in [2.24, 2.45) is 44.4 Å². The molecule has 0 spiro atoms. The van der Waals surface area contributed by atoms with Crippen molar-refractivity contribution in [1.82, 2.24) is 20.9 Å². The van der Waals surface area contributed by atoms with Crippen LogP contribution in [0.3, 0.4) is 0 Å². The number of benzene rings is 1. The SMILES string of the molecule is NC(=O)CC(N)C(=O)NC(CCCN=C(N)N)C(=O)NC(CCCN=C(N)N)C(=O)NC(Cc1c[nH]c2ccccc12)C(=O)O. The maximum absolute atomic E-state index is 13.4. The van der Waals surface area contributed by atoms with E-state index in [9.17, 15) is 29.1 Å². The molecule has 0 aliphatic heterocycles. The van der Waals surface area contributed by atoms with E-state index in [2.05, 4.69) is 30.9 Å². The van der Waals surface area contributed by atoms with Gasteiger partial charge in [0.1, 0.15) is 18.1 Å². The summed E-state index contributed by atoms with van der Waals surface area (Å²) in [5.41, 5.74) is 33.8. The number of aliphatic carboxylic acids is 1. The van der Waals surface area contributed by atoms with Gasteiger partial charge in [-0.25, -0.2) is 4.79 Å². The maximum Gasteiger partial charge on any atom is 0.326 e. The molecule has 1 heterocycles. The number of aromatic nitrogens is 1. The summed E-state index contributed by atoms with van der Waals surface area (Å²) in [6, 6.07) is 2.17. The van der Waals surface area contributed by atoms with Crippen LogP contribution in [0.4, 0.5) is 0 Å². The lowest BCUT2D eigenvalue weighted by molar-refractivity contribution is -0.142. The number of carbonyl (C=O) groups is 5. The van der Waals surface area contributed by atoms with Crippen molar-refractivity contribution >= 4 is 52.4 Å². The van der Waals surface area contributed by atoms with Gasteiger partial charge < -0.3 is 60.4 Å². The number of rotatable bonds is 19. The maximum atomic E-state index is 13.4. The van der Waals surface area contributed by atoms with Gasteiger partial charge in [-0.2, -0.15) is 0 Å². The third-order valence-corrected chi connectivity index (χ3v) is 6.63. The fourth-order valence-corrected chi connectivity index (χ4v) is 4.40. The summed E-state index contributed by atoms with van der Waals surface area (Å²) in [6.07, 6.45) is 1.69. The van der Waals surface area contributed by atoms with Crippen LogP contribution in [0.2, 0.25) is 0 Å². The number of primary amides is 1. The number of para-hydroxylation sites is 1. The average molecular weight is 631 g/mol. The predicted molar refractivity (Wildman–Crippen MR) is 167 cm³/mol. The molecular weight excluding hydrogens is 588 g/mol. The number of aliphatic imine (C=N–C) groups is 2. The number of amides is 4. The lowest BCUT2D eigenvalue weighted by atomic mass is 10.0. The Bertz CT molecular complexity index is 1400. The van der Waals surface area contributed by atoms with E-state index in [0.29, 0.717) is 5.56 Å². The molecule has 0 aliphatic carbocycles. The first-order chi connectivity index (χ1) is 21.3. The molecule has 2 rings (SSSR count). The van der Waals surface area contributed by atoms with Crippen molar-refractivity contribution in [2.45, 2.75) is 62.7 Å². The van der Waals surface area contributed by atoms with Crippen LogP contribution in [0.25, 0.3) is 10.9 Å². The topological polar surface area (TPSA) is 338 Å². The highest BCUT2D eigenvalue weighted by molar-refractivity contribution is 5.95. The smallest absolute Gasteiger partial charge is 0.326 e. The molecule has 4 amide bonds. The van der Waals surface area contributed by atoms with Crippen molar-refractivity contribution in [1.29, 1.82) is 0 Å². The molecular formula is C27H42N12O6. The molecule has 0 aliphatic rings. The van der Waals surface area contributed by atoms with E-state index in [1.807, 2.05) is 24.3 Å². The van der Waals surface area contributed by atoms with Gasteiger partial charge >= 0.3 is 5.97 Å². The fourth-order valence-electron chi connectivity index (χ4n) is 4.40. The minimum atomic E-state index is -1.34. The Morgan fingerprint density at radius 3 is 1.80 bits per heavy atom. The van der Waals surface area contributed by atoms with E-state index >= 15 is 0 Å². The molecule has 18 nitrogen and oxygen atoms in total. The first-order valence-corrected chi connectivity index (χ1v) is 14.1. The summed E-state index contributed by atoms with van der Waals surface area (Å²) >= 11 is 0. The van der Waals surface area contributed by atoms with E-state index in [1.54, 1.807) is 6.20 Å². The Morgan fingerprint density at radius 2 is 1.29 bits per heavy atom. The monoisotopic (exact) mass is 630 g/mol. The second-order valence-electron chi connectivity index (χ2n) is 10.3. The number of carboxylic acid groups (broad SMARTS) is 1. The van der Waals surface area contributed by atoms with Gasteiger partial charge in [-0.05, 0) is 37.3 Å². The highest BCUT2D eigenvalue weighted by atomic mass is 16.4. The Morgan fingerprint density at radius 1 is 0.778 bits per heavy atom. The zero-order chi connectivity index (χ0) is 33.5. The summed E-state index contributed by atoms with van der Waals surface area (Å²) in [5.74, 6) is -4.81. The standard InChI is InChI=1S/C27H42N12O6/c28-16(12-21(29)40)22(41)37-18(7-3-9-34-26(30)31)23(42)38-19(8-4-10-35-27(32)33)24(43)39-20(25(44)45)11-14-13-36-17-6-2-1-5-15(14)17/h1-2,5-6,13,16,18-20,36H,3-4,7-12,28H2,(H2,29,40)(H,37,41)(H,38,42)(H,39,43)(H,44,45)(H4,30,31,34)(H4,32,33,35). The van der Waals surface area contributed by atoms with Crippen molar-refractivity contribution in [3.63, 3.8) is 0 Å². The minimum absolute atomic E-state index is 0.0175. The van der Waals surface area contributed by atoms with Crippen molar-refractivity contribution in [2.75, 3.05) is 13.1 Å². The van der Waals surface area contributed by atoms with Gasteiger partial charge in [0, 0.05) is 36.6 Å². The van der Waals surface area contributed by atoms with Crippen LogP contribution in [-0.2, 0) is 30.4 Å². The van der Waals surface area contributed by atoms with Crippen LogP contribution in [0, 0.1) is 0 Å². The zero-order valence-corrected chi connectivity index (χ0v) is 24.7. The lowest BCUT2D eigenvalue weighted by Crippen LogP contribution is -2.57. The Balaban J connectivity index is 2.25. The molecule has 17 N–H and O–H groups in total. The molecule has 1 aromatic heterocycles. The summed E-state index contributed by atoms with van der Waals surface area (Å²) in [7, 11) is 0. The molecule has 0 radical (unpaired) electrons. The molecule has 4 unspecified atom stereocenters. The average Bonchev–Trinajstić information content (AvgIpc) is 3.37. The normalized spacial score (nSPS) is 13.4. The van der Waals surface area contributed by atoms with Gasteiger partial charge in [0.25, 0.3) is 0 Å². The van der Waals surface area contributed by atoms with E-state index < -0.39 is 60.2 Å². The van der Waals surface area contributed by atoms with Crippen LogP contribution in [0.15, 0.2) is 40.4 Å². The van der Waals surface area contributed by atoms with Crippen LogP contribution in [0.1, 0.15) is 37.7 Å². The van der Waals surface area contributed by atoms with Crippen molar-refractivity contribution in [3.05, 3.63) is 36.0 Å². The number of carbonyl (C=O) groups excluding carboxylic acids is 4. The first-order valence-electron chi connectivity index (χ1n) is 14.1. The molecule has 0 fully saturated rings. The van der Waals surface area contributed by atoms with E-state index in [1.165, 1.54) is 0 Å². The van der Waals surface area contributed by atoms with Gasteiger partial charge in [-0.15, -0.1) is 0 Å². The number of carboxylic acids is 1. The Labute approximate surface area is 258 Å². The van der Waals surface area contributed by atoms with E-state index in [4.69, 9.17) is 34.4 Å². The summed E-state index contributed by atoms with van der Waals surface area (Å²) in [6.45, 7) is 0.256. The Kier molecular flexibility index (Phi) is 14.1. The van der Waals surface area contributed by atoms with Crippen molar-refractivity contribution in [3.8, 4) is 0 Å². The van der Waals surface area contributed by atoms with Gasteiger partial charge in [0.2, 0.25) is 23.6 Å². The second kappa shape index (κ2) is 17.7. The van der Waals surface area contributed by atoms with Gasteiger partial charge in [0.15, 0.2) is 11.9 Å². The molecule has 45 heavy (non-hydrogen) atoms. The molecule has 1 aromatic carbocycles. The second-order valence-corrected chi connectivity index (χ2v) is 10.3. The summed E-state index contributed by atoms with van der Waals surface area (Å²) in [5, 5.41) is 18.3. The number of nitrogens with one attached hydrogen (secondary N) is 4. The molecule has 2 aromatic rings. The van der Waals surface area contributed by atoms with E-state index in [-0.39, 0.29) is 57.1 Å². The molecule has 4 atom stereocenters. The zero-order valence-electron chi connectivity index (χ0n) is 24.7. The fraction of sp³-hybridized carbons (Fsp3) is 0.444. The molecule has 0 bridgehead atoms. The van der Waals surface area contributed by atoms with Crippen LogP contribution in [-0.4, -0.2) is 88.9 Å². The lowest BCUT2D eigenvalue weighted by Gasteiger charge is -2.25. The number of aromatic amines is 1. The third-order valence-electron chi connectivity index (χ3n) is 6.63. The number of guanidine groups is 2. The molecule has 0 saturated heterocycles. The number of hydrogen-bond donors (Lipinski definition) is 11. The number of nitrogens with two attached hydrogens (primary N) is 6. The number of H-pyrrole nitrogens is 1. The van der Waals surface area contributed by atoms with Crippen LogP contribution < -0.4 is 50.4 Å². The summed E-state index contributed by atoms with van der Waals surface area (Å²) in [4.78, 5) is 73.7. The summed E-state index contributed by atoms with van der Waals surface area (Å²) < 4.78 is 0. The van der Waals surface area contributed by atoms with Crippen molar-refractivity contribution < 1.29 is 29.1 Å². The highest BCUT2D eigenvalue weighted by Gasteiger charge is 2.30. The minimum Gasteiger partial charge on any atom is -0.480 e. The molecule has 18 heteroatoms. The third kappa shape index (κ3) is 12.4. The molecule has 0 saturated carbocycles. The van der Waals surface area contributed by atoms with Crippen LogP contribution in [0.5, 0.6) is 0 Å². The molecule has 246 valence electrons. The van der Waals surface area contributed by atoms with Crippen LogP contribution >= 0.6 is 0 Å². The van der Waals surface area contributed by atoms with Gasteiger partial charge in [-0.1, -0.05) is 18.2 Å². The Hall–Kier alpha value is -5.39. The quantitative estimate of drug-likeness (QED) is 0.0412. The van der Waals surface area contributed by atoms with Gasteiger partial charge in [0.05, 0.1) is 12.5 Å². The van der Waals surface area contributed by atoms with E-state index in [0.717, 1.165) is 10.9 Å². The highest BCUT2D eigenvalue weighted by Crippen LogP contribution is 2.19. The number of nitrogens with zero attached hydrogens (tertiary/aromatic N) is 2.